The van der Waals surface area contributed by atoms with Crippen molar-refractivity contribution in [1.82, 2.24) is 4.90 Å². The standard InChI is InChI=1S/C15H24FN3O/c1-4-20-15-9-14(13(17)8-12(15)16)19(3)10-11-6-5-7-18(11)2/h8-9,11H,4-7,10,17H2,1-3H3. The summed E-state index contributed by atoms with van der Waals surface area (Å²) >= 11 is 0. The number of benzene rings is 1. The summed E-state index contributed by atoms with van der Waals surface area (Å²) in [7, 11) is 4.14. The van der Waals surface area contributed by atoms with Crippen molar-refractivity contribution in [2.75, 3.05) is 44.4 Å². The Morgan fingerprint density at radius 3 is 2.85 bits per heavy atom. The SMILES string of the molecule is CCOc1cc(N(C)CC2CCCN2C)c(N)cc1F. The third-order valence-corrected chi connectivity index (χ3v) is 3.95. The Morgan fingerprint density at radius 1 is 1.50 bits per heavy atom. The molecule has 1 aromatic rings. The van der Waals surface area contributed by atoms with Gasteiger partial charge in [-0.05, 0) is 33.4 Å². The van der Waals surface area contributed by atoms with Crippen LogP contribution in [0.1, 0.15) is 19.8 Å². The number of likely N-dealkylation sites (N-methyl/N-ethyl adjacent to an activating group) is 2. The molecule has 1 atom stereocenters. The number of nitrogens with zero attached hydrogens (tertiary/aromatic N) is 2. The first-order valence-corrected chi connectivity index (χ1v) is 7.16. The van der Waals surface area contributed by atoms with E-state index in [0.717, 1.165) is 18.8 Å². The Labute approximate surface area is 120 Å². The molecule has 0 aromatic heterocycles. The van der Waals surface area contributed by atoms with Crippen LogP contribution in [0, 0.1) is 5.82 Å². The van der Waals surface area contributed by atoms with Crippen molar-refractivity contribution in [2.45, 2.75) is 25.8 Å². The van der Waals surface area contributed by atoms with Gasteiger partial charge in [0, 0.05) is 31.8 Å². The second kappa shape index (κ2) is 6.31. The first kappa shape index (κ1) is 14.9. The molecule has 0 spiro atoms. The van der Waals surface area contributed by atoms with Crippen LogP contribution < -0.4 is 15.4 Å². The number of halogens is 1. The summed E-state index contributed by atoms with van der Waals surface area (Å²) in [5.41, 5.74) is 7.23. The molecule has 1 saturated heterocycles. The molecule has 20 heavy (non-hydrogen) atoms. The van der Waals surface area contributed by atoms with Gasteiger partial charge in [0.05, 0.1) is 18.0 Å². The molecule has 0 amide bonds. The minimum atomic E-state index is -0.403. The van der Waals surface area contributed by atoms with E-state index in [4.69, 9.17) is 10.5 Å². The maximum Gasteiger partial charge on any atom is 0.167 e. The predicted octanol–water partition coefficient (Wildman–Crippen LogP) is 2.34. The highest BCUT2D eigenvalue weighted by Crippen LogP contribution is 2.31. The lowest BCUT2D eigenvalue weighted by atomic mass is 10.1. The van der Waals surface area contributed by atoms with Gasteiger partial charge in [0.2, 0.25) is 0 Å². The van der Waals surface area contributed by atoms with E-state index < -0.39 is 5.82 Å². The summed E-state index contributed by atoms with van der Waals surface area (Å²) in [5, 5.41) is 0. The number of nitrogen functional groups attached to an aromatic ring is 1. The van der Waals surface area contributed by atoms with Crippen molar-refractivity contribution in [3.63, 3.8) is 0 Å². The number of rotatable bonds is 5. The lowest BCUT2D eigenvalue weighted by Crippen LogP contribution is -2.36. The number of anilines is 2. The fourth-order valence-corrected chi connectivity index (χ4v) is 2.78. The normalized spacial score (nSPS) is 19.3. The second-order valence-corrected chi connectivity index (χ2v) is 5.43. The first-order chi connectivity index (χ1) is 9.52. The molecule has 1 aliphatic heterocycles. The molecule has 112 valence electrons. The summed E-state index contributed by atoms with van der Waals surface area (Å²) in [6.07, 6.45) is 2.43. The average molecular weight is 281 g/mol. The maximum absolute atomic E-state index is 13.7. The lowest BCUT2D eigenvalue weighted by molar-refractivity contribution is 0.313. The van der Waals surface area contributed by atoms with Gasteiger partial charge in [-0.25, -0.2) is 4.39 Å². The molecule has 1 fully saturated rings. The van der Waals surface area contributed by atoms with Crippen LogP contribution in [0.25, 0.3) is 0 Å². The smallest absolute Gasteiger partial charge is 0.167 e. The van der Waals surface area contributed by atoms with E-state index in [2.05, 4.69) is 16.8 Å². The van der Waals surface area contributed by atoms with Crippen LogP contribution in [0.15, 0.2) is 12.1 Å². The third-order valence-electron chi connectivity index (χ3n) is 3.95. The molecule has 5 heteroatoms. The molecule has 2 N–H and O–H groups in total. The topological polar surface area (TPSA) is 41.7 Å². The zero-order valence-electron chi connectivity index (χ0n) is 12.5. The number of nitrogens with two attached hydrogens (primary N) is 1. The molecule has 1 unspecified atom stereocenters. The minimum Gasteiger partial charge on any atom is -0.491 e. The molecule has 0 aliphatic carbocycles. The first-order valence-electron chi connectivity index (χ1n) is 7.16. The van der Waals surface area contributed by atoms with Gasteiger partial charge in [0.25, 0.3) is 0 Å². The molecule has 1 aliphatic rings. The van der Waals surface area contributed by atoms with E-state index in [1.54, 1.807) is 6.07 Å². The summed E-state index contributed by atoms with van der Waals surface area (Å²) in [4.78, 5) is 4.45. The van der Waals surface area contributed by atoms with Gasteiger partial charge < -0.3 is 20.3 Å². The Hall–Kier alpha value is -1.49. The van der Waals surface area contributed by atoms with Crippen LogP contribution in [0.3, 0.4) is 0 Å². The van der Waals surface area contributed by atoms with Crippen LogP contribution in [0.4, 0.5) is 15.8 Å². The van der Waals surface area contributed by atoms with E-state index in [1.807, 2.05) is 14.0 Å². The van der Waals surface area contributed by atoms with Gasteiger partial charge in [-0.2, -0.15) is 0 Å². The predicted molar refractivity (Wildman–Crippen MR) is 80.9 cm³/mol. The van der Waals surface area contributed by atoms with Gasteiger partial charge in [-0.15, -0.1) is 0 Å². The molecule has 4 nitrogen and oxygen atoms in total. The summed E-state index contributed by atoms with van der Waals surface area (Å²) in [5.74, 6) is -0.136. The number of hydrogen-bond acceptors (Lipinski definition) is 4. The second-order valence-electron chi connectivity index (χ2n) is 5.43. The van der Waals surface area contributed by atoms with Crippen molar-refractivity contribution in [3.05, 3.63) is 17.9 Å². The summed E-state index contributed by atoms with van der Waals surface area (Å²) in [6.45, 7) is 4.31. The van der Waals surface area contributed by atoms with Crippen molar-refractivity contribution in [2.24, 2.45) is 0 Å². The van der Waals surface area contributed by atoms with Gasteiger partial charge in [0.15, 0.2) is 11.6 Å². The van der Waals surface area contributed by atoms with Gasteiger partial charge in [-0.1, -0.05) is 0 Å². The zero-order chi connectivity index (χ0) is 14.7. The molecule has 0 bridgehead atoms. The van der Waals surface area contributed by atoms with Crippen molar-refractivity contribution in [3.8, 4) is 5.75 Å². The van der Waals surface area contributed by atoms with Crippen LogP contribution in [-0.4, -0.2) is 44.7 Å². The van der Waals surface area contributed by atoms with Gasteiger partial charge >= 0.3 is 0 Å². The molecule has 1 aromatic carbocycles. The van der Waals surface area contributed by atoms with Crippen molar-refractivity contribution >= 4 is 11.4 Å². The van der Waals surface area contributed by atoms with E-state index in [1.165, 1.54) is 18.9 Å². The molecule has 1 heterocycles. The molecular weight excluding hydrogens is 257 g/mol. The van der Waals surface area contributed by atoms with Crippen LogP contribution in [-0.2, 0) is 0 Å². The highest BCUT2D eigenvalue weighted by molar-refractivity contribution is 5.69. The zero-order valence-corrected chi connectivity index (χ0v) is 12.5. The summed E-state index contributed by atoms with van der Waals surface area (Å²) < 4.78 is 19.0. The largest absolute Gasteiger partial charge is 0.491 e. The fraction of sp³-hybridized carbons (Fsp3) is 0.600. The monoisotopic (exact) mass is 281 g/mol. The van der Waals surface area contributed by atoms with Crippen LogP contribution in [0.5, 0.6) is 5.75 Å². The summed E-state index contributed by atoms with van der Waals surface area (Å²) in [6, 6.07) is 3.57. The van der Waals surface area contributed by atoms with Crippen molar-refractivity contribution < 1.29 is 9.13 Å². The quantitative estimate of drug-likeness (QED) is 0.841. The Morgan fingerprint density at radius 2 is 2.25 bits per heavy atom. The molecule has 2 rings (SSSR count). The molecule has 0 saturated carbocycles. The van der Waals surface area contributed by atoms with E-state index in [9.17, 15) is 4.39 Å². The molecular formula is C15H24FN3O. The van der Waals surface area contributed by atoms with Crippen molar-refractivity contribution in [1.29, 1.82) is 0 Å². The number of ether oxygens (including phenoxy) is 1. The average Bonchev–Trinajstić information content (AvgIpc) is 2.78. The Kier molecular flexibility index (Phi) is 4.70. The number of likely N-dealkylation sites (tertiary alicyclic amines) is 1. The van der Waals surface area contributed by atoms with Crippen LogP contribution >= 0.6 is 0 Å². The maximum atomic E-state index is 13.7. The minimum absolute atomic E-state index is 0.267. The van der Waals surface area contributed by atoms with Gasteiger partial charge in [-0.3, -0.25) is 0 Å². The van der Waals surface area contributed by atoms with Crippen LogP contribution in [0.2, 0.25) is 0 Å². The lowest BCUT2D eigenvalue weighted by Gasteiger charge is -2.28. The van der Waals surface area contributed by atoms with Gasteiger partial charge in [0.1, 0.15) is 0 Å². The highest BCUT2D eigenvalue weighted by Gasteiger charge is 2.23. The van der Waals surface area contributed by atoms with E-state index in [-0.39, 0.29) is 5.75 Å². The van der Waals surface area contributed by atoms with E-state index >= 15 is 0 Å². The van der Waals surface area contributed by atoms with E-state index in [0.29, 0.717) is 18.3 Å². The molecule has 0 radical (unpaired) electrons. The Balaban J connectivity index is 2.15. The Bertz CT molecular complexity index is 467. The third kappa shape index (κ3) is 3.15. The highest BCUT2D eigenvalue weighted by atomic mass is 19.1. The fourth-order valence-electron chi connectivity index (χ4n) is 2.78. The number of hydrogen-bond donors (Lipinski definition) is 1.